The van der Waals surface area contributed by atoms with E-state index in [0.717, 1.165) is 30.0 Å². The molecule has 2 aromatic heterocycles. The van der Waals surface area contributed by atoms with Gasteiger partial charge < -0.3 is 4.90 Å². The van der Waals surface area contributed by atoms with E-state index in [9.17, 15) is 4.79 Å². The Bertz CT molecular complexity index is 909. The predicted octanol–water partition coefficient (Wildman–Crippen LogP) is 3.68. The molecule has 0 unspecified atom stereocenters. The molecule has 0 bridgehead atoms. The Morgan fingerprint density at radius 1 is 1.23 bits per heavy atom. The van der Waals surface area contributed by atoms with E-state index in [0.29, 0.717) is 12.2 Å². The van der Waals surface area contributed by atoms with E-state index in [-0.39, 0.29) is 11.9 Å². The van der Waals surface area contributed by atoms with Gasteiger partial charge in [-0.25, -0.2) is 15.0 Å². The van der Waals surface area contributed by atoms with Gasteiger partial charge in [-0.2, -0.15) is 0 Å². The zero-order chi connectivity index (χ0) is 17.9. The summed E-state index contributed by atoms with van der Waals surface area (Å²) in [5.41, 5.74) is 3.42. The van der Waals surface area contributed by atoms with Gasteiger partial charge in [-0.3, -0.25) is 4.79 Å². The van der Waals surface area contributed by atoms with Crippen molar-refractivity contribution in [2.75, 3.05) is 7.05 Å². The molecule has 26 heavy (non-hydrogen) atoms. The number of benzene rings is 1. The number of carbonyl (C=O) groups is 1. The van der Waals surface area contributed by atoms with Gasteiger partial charge in [0.2, 0.25) is 5.91 Å². The van der Waals surface area contributed by atoms with Crippen LogP contribution in [0.15, 0.2) is 48.1 Å². The second-order valence-electron chi connectivity index (χ2n) is 6.50. The number of thiazole rings is 1. The molecule has 2 heterocycles. The molecule has 0 N–H and O–H groups in total. The number of rotatable bonds is 4. The topological polar surface area (TPSA) is 59.0 Å². The zero-order valence-electron chi connectivity index (χ0n) is 14.6. The Morgan fingerprint density at radius 2 is 2.04 bits per heavy atom. The molecule has 0 spiro atoms. The number of aryl methyl sites for hydroxylation is 1. The highest BCUT2D eigenvalue weighted by Gasteiger charge is 2.26. The van der Waals surface area contributed by atoms with Crippen LogP contribution in [-0.2, 0) is 17.6 Å². The summed E-state index contributed by atoms with van der Waals surface area (Å²) in [5.74, 6) is 0.697. The van der Waals surface area contributed by atoms with Crippen molar-refractivity contribution in [2.45, 2.75) is 31.7 Å². The molecule has 0 saturated carbocycles. The normalized spacial score (nSPS) is 16.1. The van der Waals surface area contributed by atoms with Crippen LogP contribution < -0.4 is 0 Å². The van der Waals surface area contributed by atoms with Crippen molar-refractivity contribution in [1.29, 1.82) is 0 Å². The third-order valence-electron chi connectivity index (χ3n) is 4.84. The quantitative estimate of drug-likeness (QED) is 0.709. The molecule has 1 aliphatic rings. The largest absolute Gasteiger partial charge is 0.338 e. The number of likely N-dealkylation sites (N-methyl/N-ethyl adjacent to an activating group) is 1. The van der Waals surface area contributed by atoms with Gasteiger partial charge in [0.15, 0.2) is 10.8 Å². The number of hydrogen-bond acceptors (Lipinski definition) is 5. The lowest BCUT2D eigenvalue weighted by atomic mass is 9.87. The summed E-state index contributed by atoms with van der Waals surface area (Å²) in [6.07, 6.45) is 6.93. The smallest absolute Gasteiger partial charge is 0.228 e. The molecular formula is C20H20N4OS. The number of carbonyl (C=O) groups excluding carboxylic acids is 1. The van der Waals surface area contributed by atoms with Crippen LogP contribution in [0.2, 0.25) is 0 Å². The molecule has 1 aliphatic carbocycles. The number of nitrogens with zero attached hydrogens (tertiary/aromatic N) is 4. The van der Waals surface area contributed by atoms with Crippen LogP contribution in [0.3, 0.4) is 0 Å². The van der Waals surface area contributed by atoms with Crippen LogP contribution in [0.1, 0.15) is 35.7 Å². The minimum atomic E-state index is 0.0949. The predicted molar refractivity (Wildman–Crippen MR) is 102 cm³/mol. The average molecular weight is 364 g/mol. The summed E-state index contributed by atoms with van der Waals surface area (Å²) in [5, 5.41) is 2.67. The highest BCUT2D eigenvalue weighted by atomic mass is 32.1. The van der Waals surface area contributed by atoms with Gasteiger partial charge in [0, 0.05) is 24.8 Å². The van der Waals surface area contributed by atoms with Gasteiger partial charge in [0.05, 0.1) is 18.2 Å². The molecule has 0 radical (unpaired) electrons. The van der Waals surface area contributed by atoms with E-state index in [1.165, 1.54) is 22.5 Å². The Hall–Kier alpha value is -2.60. The molecule has 0 aliphatic heterocycles. The lowest BCUT2D eigenvalue weighted by molar-refractivity contribution is -0.131. The van der Waals surface area contributed by atoms with E-state index in [1.807, 2.05) is 17.3 Å². The van der Waals surface area contributed by atoms with Crippen molar-refractivity contribution >= 4 is 17.2 Å². The van der Waals surface area contributed by atoms with E-state index >= 15 is 0 Å². The SMILES string of the molecule is CN(C(=O)Cc1csc(-c2ncccn2)n1)[C@@H]1CCCc2ccccc21. The maximum atomic E-state index is 12.8. The molecular weight excluding hydrogens is 344 g/mol. The summed E-state index contributed by atoms with van der Waals surface area (Å²) in [7, 11) is 1.91. The Labute approximate surface area is 156 Å². The van der Waals surface area contributed by atoms with Crippen LogP contribution in [0.4, 0.5) is 0 Å². The number of hydrogen-bond donors (Lipinski definition) is 0. The van der Waals surface area contributed by atoms with Gasteiger partial charge in [0.1, 0.15) is 0 Å². The summed E-state index contributed by atoms with van der Waals surface area (Å²) in [4.78, 5) is 27.7. The maximum Gasteiger partial charge on any atom is 0.228 e. The summed E-state index contributed by atoms with van der Waals surface area (Å²) >= 11 is 1.47. The molecule has 5 nitrogen and oxygen atoms in total. The van der Waals surface area contributed by atoms with Crippen LogP contribution in [-0.4, -0.2) is 32.8 Å². The Kier molecular flexibility index (Phi) is 4.75. The fourth-order valence-corrected chi connectivity index (χ4v) is 4.25. The minimum Gasteiger partial charge on any atom is -0.338 e. The van der Waals surface area contributed by atoms with Crippen LogP contribution in [0.5, 0.6) is 0 Å². The van der Waals surface area contributed by atoms with Gasteiger partial charge in [-0.1, -0.05) is 24.3 Å². The number of amides is 1. The highest BCUT2D eigenvalue weighted by Crippen LogP contribution is 2.33. The third-order valence-corrected chi connectivity index (χ3v) is 5.73. The average Bonchev–Trinajstić information content (AvgIpc) is 3.16. The highest BCUT2D eigenvalue weighted by molar-refractivity contribution is 7.13. The van der Waals surface area contributed by atoms with Gasteiger partial charge >= 0.3 is 0 Å². The second-order valence-corrected chi connectivity index (χ2v) is 7.36. The Balaban J connectivity index is 1.48. The molecule has 1 amide bonds. The van der Waals surface area contributed by atoms with Crippen molar-refractivity contribution in [2.24, 2.45) is 0 Å². The van der Waals surface area contributed by atoms with E-state index in [4.69, 9.17) is 0 Å². The van der Waals surface area contributed by atoms with E-state index in [1.54, 1.807) is 18.5 Å². The fraction of sp³-hybridized carbons (Fsp3) is 0.300. The molecule has 4 rings (SSSR count). The molecule has 1 aromatic carbocycles. The van der Waals surface area contributed by atoms with Crippen molar-refractivity contribution in [3.05, 3.63) is 64.9 Å². The lowest BCUT2D eigenvalue weighted by Crippen LogP contribution is -2.34. The van der Waals surface area contributed by atoms with Crippen LogP contribution >= 0.6 is 11.3 Å². The second kappa shape index (κ2) is 7.33. The zero-order valence-corrected chi connectivity index (χ0v) is 15.4. The van der Waals surface area contributed by atoms with Gasteiger partial charge in [-0.05, 0) is 36.5 Å². The molecule has 3 aromatic rings. The maximum absolute atomic E-state index is 12.8. The first kappa shape index (κ1) is 16.8. The first-order valence-corrected chi connectivity index (χ1v) is 9.65. The number of fused-ring (bicyclic) bond motifs is 1. The molecule has 0 fully saturated rings. The molecule has 0 saturated heterocycles. The van der Waals surface area contributed by atoms with Crippen molar-refractivity contribution < 1.29 is 4.79 Å². The summed E-state index contributed by atoms with van der Waals surface area (Å²) < 4.78 is 0. The van der Waals surface area contributed by atoms with Crippen LogP contribution in [0, 0.1) is 0 Å². The van der Waals surface area contributed by atoms with Gasteiger partial charge in [-0.15, -0.1) is 11.3 Å². The minimum absolute atomic E-state index is 0.0949. The van der Waals surface area contributed by atoms with E-state index in [2.05, 4.69) is 39.2 Å². The molecule has 132 valence electrons. The van der Waals surface area contributed by atoms with Gasteiger partial charge in [0.25, 0.3) is 0 Å². The molecule has 6 heteroatoms. The third kappa shape index (κ3) is 3.37. The van der Waals surface area contributed by atoms with Crippen molar-refractivity contribution in [3.63, 3.8) is 0 Å². The lowest BCUT2D eigenvalue weighted by Gasteiger charge is -2.33. The standard InChI is InChI=1S/C20H20N4OS/c1-24(17-9-4-7-14-6-2-3-8-16(14)17)18(25)12-15-13-26-20(23-15)19-21-10-5-11-22-19/h2-3,5-6,8,10-11,13,17H,4,7,9,12H2,1H3/t17-/m1/s1. The first-order chi connectivity index (χ1) is 12.7. The first-order valence-electron chi connectivity index (χ1n) is 8.77. The van der Waals surface area contributed by atoms with E-state index < -0.39 is 0 Å². The number of aromatic nitrogens is 3. The van der Waals surface area contributed by atoms with Crippen LogP contribution in [0.25, 0.3) is 10.8 Å². The monoisotopic (exact) mass is 364 g/mol. The summed E-state index contributed by atoms with van der Waals surface area (Å²) in [6.45, 7) is 0. The van der Waals surface area contributed by atoms with Crippen molar-refractivity contribution in [1.82, 2.24) is 19.9 Å². The fourth-order valence-electron chi connectivity index (χ4n) is 3.48. The van der Waals surface area contributed by atoms with Crippen molar-refractivity contribution in [3.8, 4) is 10.8 Å². The summed E-state index contributed by atoms with van der Waals surface area (Å²) in [6, 6.07) is 10.4. The molecule has 1 atom stereocenters. The Morgan fingerprint density at radius 3 is 2.88 bits per heavy atom.